The number of rotatable bonds is 4. The van der Waals surface area contributed by atoms with Gasteiger partial charge in [-0.25, -0.2) is 17.8 Å². The number of hydrogen-bond donors (Lipinski definition) is 0. The summed E-state index contributed by atoms with van der Waals surface area (Å²) >= 11 is 1.71. The molecule has 0 aromatic carbocycles. The van der Waals surface area contributed by atoms with Crippen molar-refractivity contribution < 1.29 is 17.5 Å². The van der Waals surface area contributed by atoms with Crippen molar-refractivity contribution in [3.8, 4) is 5.88 Å². The molecule has 1 aromatic heterocycles. The summed E-state index contributed by atoms with van der Waals surface area (Å²) < 4.78 is 44.8. The second kappa shape index (κ2) is 5.65. The zero-order chi connectivity index (χ0) is 16.0. The van der Waals surface area contributed by atoms with Crippen molar-refractivity contribution in [2.24, 2.45) is 0 Å². The van der Waals surface area contributed by atoms with Crippen LogP contribution in [0.1, 0.15) is 20.3 Å². The minimum atomic E-state index is -3.18. The maximum absolute atomic E-state index is 13.6. The molecule has 1 aromatic rings. The van der Waals surface area contributed by atoms with Gasteiger partial charge in [0.25, 0.3) is 5.88 Å². The maximum atomic E-state index is 13.6. The average molecular weight is 346 g/mol. The van der Waals surface area contributed by atoms with E-state index in [0.29, 0.717) is 13.1 Å². The van der Waals surface area contributed by atoms with Gasteiger partial charge < -0.3 is 4.74 Å². The molecule has 122 valence electrons. The first-order valence-electron chi connectivity index (χ1n) is 7.22. The topological polar surface area (TPSA) is 59.5 Å². The van der Waals surface area contributed by atoms with Gasteiger partial charge in [0.2, 0.25) is 10.0 Å². The summed E-state index contributed by atoms with van der Waals surface area (Å²) in [6.45, 7) is 4.42. The highest BCUT2D eigenvalue weighted by Gasteiger charge is 2.53. The van der Waals surface area contributed by atoms with E-state index in [4.69, 9.17) is 4.74 Å². The van der Waals surface area contributed by atoms with Gasteiger partial charge in [0, 0.05) is 36.2 Å². The van der Waals surface area contributed by atoms with Crippen LogP contribution >= 0.6 is 11.8 Å². The third kappa shape index (κ3) is 2.83. The van der Waals surface area contributed by atoms with E-state index in [-0.39, 0.29) is 16.7 Å². The first kappa shape index (κ1) is 16.0. The van der Waals surface area contributed by atoms with Gasteiger partial charge in [0.05, 0.1) is 5.25 Å². The number of thioether (sulfide) groups is 1. The second-order valence-corrected chi connectivity index (χ2v) is 10.1. The summed E-state index contributed by atoms with van der Waals surface area (Å²) in [5.74, 6) is 0.285. The molecule has 5 nitrogen and oxygen atoms in total. The zero-order valence-electron chi connectivity index (χ0n) is 12.5. The Balaban J connectivity index is 1.59. The molecule has 2 fully saturated rings. The molecule has 2 aliphatic heterocycles. The van der Waals surface area contributed by atoms with Gasteiger partial charge in [-0.15, -0.1) is 11.8 Å². The standard InChI is InChI=1S/C14H19FN2O3S2/c1-10(2)22(18,19)17-8-14(9-17)6-11(7-21-14)20-13-12(15)4-3-5-16-13/h3-5,10-11H,6-9H2,1-2H3/t11-/m0/s1. The molecule has 2 aliphatic rings. The van der Waals surface area contributed by atoms with E-state index in [9.17, 15) is 12.8 Å². The van der Waals surface area contributed by atoms with Crippen LogP contribution in [0.3, 0.4) is 0 Å². The van der Waals surface area contributed by atoms with Gasteiger partial charge in [-0.1, -0.05) is 0 Å². The summed E-state index contributed by atoms with van der Waals surface area (Å²) in [5.41, 5.74) is 0. The van der Waals surface area contributed by atoms with Crippen molar-refractivity contribution in [1.29, 1.82) is 0 Å². The van der Waals surface area contributed by atoms with Crippen molar-refractivity contribution >= 4 is 21.8 Å². The van der Waals surface area contributed by atoms with Crippen molar-refractivity contribution in [3.63, 3.8) is 0 Å². The average Bonchev–Trinajstić information content (AvgIpc) is 2.84. The number of sulfonamides is 1. The molecule has 1 spiro atoms. The van der Waals surface area contributed by atoms with Gasteiger partial charge in [0.1, 0.15) is 6.10 Å². The Labute approximate surface area is 134 Å². The molecule has 2 saturated heterocycles. The molecule has 0 bridgehead atoms. The van der Waals surface area contributed by atoms with Crippen LogP contribution in [0.2, 0.25) is 0 Å². The van der Waals surface area contributed by atoms with E-state index in [1.165, 1.54) is 22.6 Å². The molecule has 0 radical (unpaired) electrons. The molecule has 3 rings (SSSR count). The molecular formula is C14H19FN2O3S2. The van der Waals surface area contributed by atoms with Crippen LogP contribution in [0, 0.1) is 5.82 Å². The first-order valence-corrected chi connectivity index (χ1v) is 9.71. The van der Waals surface area contributed by atoms with Gasteiger partial charge in [-0.2, -0.15) is 4.31 Å². The lowest BCUT2D eigenvalue weighted by Gasteiger charge is -2.46. The minimum absolute atomic E-state index is 0.0242. The monoisotopic (exact) mass is 346 g/mol. The highest BCUT2D eigenvalue weighted by molar-refractivity contribution is 8.01. The molecular weight excluding hydrogens is 327 g/mol. The minimum Gasteiger partial charge on any atom is -0.471 e. The van der Waals surface area contributed by atoms with Gasteiger partial charge >= 0.3 is 0 Å². The Morgan fingerprint density at radius 1 is 1.50 bits per heavy atom. The van der Waals surface area contributed by atoms with Crippen LogP contribution in [0.15, 0.2) is 18.3 Å². The van der Waals surface area contributed by atoms with Crippen molar-refractivity contribution in [3.05, 3.63) is 24.1 Å². The highest BCUT2D eigenvalue weighted by Crippen LogP contribution is 2.47. The molecule has 0 saturated carbocycles. The predicted molar refractivity (Wildman–Crippen MR) is 84.0 cm³/mol. The SMILES string of the molecule is CC(C)S(=O)(=O)N1CC2(C[C@H](Oc3ncccc3F)CS2)C1. The first-order chi connectivity index (χ1) is 10.3. The quantitative estimate of drug-likeness (QED) is 0.833. The van der Waals surface area contributed by atoms with Gasteiger partial charge in [0.15, 0.2) is 5.82 Å². The fourth-order valence-corrected chi connectivity index (χ4v) is 5.93. The number of nitrogens with zero attached hydrogens (tertiary/aromatic N) is 2. The van der Waals surface area contributed by atoms with Crippen LogP contribution in [-0.2, 0) is 10.0 Å². The second-order valence-electron chi connectivity index (χ2n) is 6.09. The van der Waals surface area contributed by atoms with Crippen LogP contribution < -0.4 is 4.74 Å². The number of ether oxygens (including phenoxy) is 1. The van der Waals surface area contributed by atoms with E-state index in [1.807, 2.05) is 0 Å². The van der Waals surface area contributed by atoms with Crippen molar-refractivity contribution in [1.82, 2.24) is 9.29 Å². The third-order valence-corrected chi connectivity index (χ3v) is 7.81. The smallest absolute Gasteiger partial charge is 0.250 e. The number of pyridine rings is 1. The molecule has 0 aliphatic carbocycles. The van der Waals surface area contributed by atoms with Crippen molar-refractivity contribution in [2.45, 2.75) is 36.4 Å². The number of aromatic nitrogens is 1. The normalized spacial score (nSPS) is 24.6. The zero-order valence-corrected chi connectivity index (χ0v) is 14.2. The largest absolute Gasteiger partial charge is 0.471 e. The van der Waals surface area contributed by atoms with E-state index in [2.05, 4.69) is 4.98 Å². The van der Waals surface area contributed by atoms with E-state index in [1.54, 1.807) is 25.6 Å². The molecule has 8 heteroatoms. The summed E-state index contributed by atoms with van der Waals surface area (Å²) in [7, 11) is -3.18. The molecule has 22 heavy (non-hydrogen) atoms. The summed E-state index contributed by atoms with van der Waals surface area (Å²) in [5, 5.41) is -0.397. The van der Waals surface area contributed by atoms with Crippen LogP contribution in [0.5, 0.6) is 5.88 Å². The van der Waals surface area contributed by atoms with Gasteiger partial charge in [-0.3, -0.25) is 0 Å². The molecule has 0 unspecified atom stereocenters. The third-order valence-electron chi connectivity index (χ3n) is 4.06. The Morgan fingerprint density at radius 2 is 2.23 bits per heavy atom. The summed E-state index contributed by atoms with van der Waals surface area (Å²) in [4.78, 5) is 3.90. The van der Waals surface area contributed by atoms with E-state index in [0.717, 1.165) is 12.2 Å². The van der Waals surface area contributed by atoms with Crippen LogP contribution in [0.25, 0.3) is 0 Å². The van der Waals surface area contributed by atoms with Crippen LogP contribution in [-0.4, -0.2) is 52.7 Å². The molecule has 1 atom stereocenters. The lowest BCUT2D eigenvalue weighted by atomic mass is 9.95. The fraction of sp³-hybridized carbons (Fsp3) is 0.643. The molecule has 0 amide bonds. The maximum Gasteiger partial charge on any atom is 0.250 e. The summed E-state index contributed by atoms with van der Waals surface area (Å²) in [6.07, 6.45) is 2.09. The summed E-state index contributed by atoms with van der Waals surface area (Å²) in [6, 6.07) is 2.84. The fourth-order valence-electron chi connectivity index (χ4n) is 2.79. The number of hydrogen-bond acceptors (Lipinski definition) is 5. The Hall–Kier alpha value is -0.860. The van der Waals surface area contributed by atoms with E-state index < -0.39 is 21.1 Å². The Bertz CT molecular complexity index is 660. The molecule has 0 N–H and O–H groups in total. The molecule has 3 heterocycles. The predicted octanol–water partition coefficient (Wildman–Crippen LogP) is 1.90. The van der Waals surface area contributed by atoms with Gasteiger partial charge in [-0.05, 0) is 26.0 Å². The lowest BCUT2D eigenvalue weighted by molar-refractivity contribution is 0.150. The van der Waals surface area contributed by atoms with E-state index >= 15 is 0 Å². The Morgan fingerprint density at radius 3 is 2.86 bits per heavy atom. The van der Waals surface area contributed by atoms with Crippen LogP contribution in [0.4, 0.5) is 4.39 Å². The van der Waals surface area contributed by atoms with Crippen molar-refractivity contribution in [2.75, 3.05) is 18.8 Å². The Kier molecular flexibility index (Phi) is 4.11. The highest BCUT2D eigenvalue weighted by atomic mass is 32.2. The number of halogens is 1. The lowest BCUT2D eigenvalue weighted by Crippen LogP contribution is -2.61.